The Balaban J connectivity index is 0.00000304. The van der Waals surface area contributed by atoms with E-state index in [1.807, 2.05) is 13.1 Å². The summed E-state index contributed by atoms with van der Waals surface area (Å²) in [5, 5.41) is 43.4. The quantitative estimate of drug-likeness (QED) is 0.338. The third-order valence-electron chi connectivity index (χ3n) is 7.95. The first kappa shape index (κ1) is 25.9. The van der Waals surface area contributed by atoms with Crippen molar-refractivity contribution in [3.05, 3.63) is 35.1 Å². The third kappa shape index (κ3) is 3.48. The molecule has 11 nitrogen and oxygen atoms in total. The number of amides is 1. The van der Waals surface area contributed by atoms with E-state index in [0.717, 1.165) is 11.1 Å². The topological polar surface area (TPSA) is 166 Å². The summed E-state index contributed by atoms with van der Waals surface area (Å²) < 4.78 is 11.8. The lowest BCUT2D eigenvalue weighted by atomic mass is 9.50. The number of hydrogen-bond donors (Lipinski definition) is 5. The van der Waals surface area contributed by atoms with Gasteiger partial charge in [0.15, 0.2) is 17.6 Å². The average molecular weight is 505 g/mol. The zero-order valence-corrected chi connectivity index (χ0v) is 19.4. The molecular weight excluding hydrogens is 472 g/mol. The SMILES string of the molecule is C.C[C@H](O)C(=O)N[C@@H](CC(=O)OC1=CC[C@@]2(O)[C@H]3Cc4ccc(O)c5c4[C@@]2(CCN3C)[C@H]1O5)C(=O)O. The Hall–Kier alpha value is -3.15. The summed E-state index contributed by atoms with van der Waals surface area (Å²) in [4.78, 5) is 38.1. The molecule has 11 heteroatoms. The van der Waals surface area contributed by atoms with Gasteiger partial charge in [-0.25, -0.2) is 4.79 Å². The van der Waals surface area contributed by atoms with Gasteiger partial charge in [0.1, 0.15) is 17.9 Å². The summed E-state index contributed by atoms with van der Waals surface area (Å²) in [6.07, 6.45) is -0.156. The fourth-order valence-corrected chi connectivity index (χ4v) is 6.27. The van der Waals surface area contributed by atoms with Gasteiger partial charge in [-0.05, 0) is 51.1 Å². The molecule has 1 aromatic carbocycles. The maximum Gasteiger partial charge on any atom is 0.326 e. The standard InChI is InChI=1S/C24H28N2O9.CH4/c1-11(27)21(30)25-13(22(31)32)10-17(29)34-15-5-6-24(33)16-9-12-3-4-14(28)19-18(12)23(24,20(15)35-19)7-8-26(16)2;/h3-5,11,13,16,20,27-28,33H,6-10H2,1-2H3,(H,25,30)(H,31,32);1H4/t11-,13-,16+,20-,23-,24+;/m0./s1. The minimum absolute atomic E-state index is 0. The molecule has 2 aliphatic heterocycles. The van der Waals surface area contributed by atoms with Crippen LogP contribution in [0.4, 0.5) is 0 Å². The Morgan fingerprint density at radius 3 is 2.72 bits per heavy atom. The number of carboxylic acids is 1. The number of phenols is 1. The van der Waals surface area contributed by atoms with Crippen LogP contribution in [0.15, 0.2) is 24.0 Å². The van der Waals surface area contributed by atoms with E-state index < -0.39 is 53.5 Å². The molecule has 2 aliphatic carbocycles. The van der Waals surface area contributed by atoms with Crippen molar-refractivity contribution in [2.45, 2.75) is 75.3 Å². The van der Waals surface area contributed by atoms with Gasteiger partial charge in [0.05, 0.1) is 17.4 Å². The van der Waals surface area contributed by atoms with Gasteiger partial charge < -0.3 is 40.1 Å². The van der Waals surface area contributed by atoms with Crippen molar-refractivity contribution in [1.29, 1.82) is 0 Å². The van der Waals surface area contributed by atoms with Gasteiger partial charge in [-0.2, -0.15) is 0 Å². The highest BCUT2D eigenvalue weighted by Gasteiger charge is 2.72. The Morgan fingerprint density at radius 1 is 1.33 bits per heavy atom. The third-order valence-corrected chi connectivity index (χ3v) is 7.95. The molecule has 5 N–H and O–H groups in total. The Labute approximate surface area is 208 Å². The van der Waals surface area contributed by atoms with Crippen LogP contribution in [-0.4, -0.2) is 86.7 Å². The fraction of sp³-hybridized carbons (Fsp3) is 0.560. The molecule has 6 atom stereocenters. The smallest absolute Gasteiger partial charge is 0.326 e. The Bertz CT molecular complexity index is 1150. The van der Waals surface area contributed by atoms with E-state index in [4.69, 9.17) is 9.47 Å². The number of esters is 1. The molecule has 1 spiro atoms. The van der Waals surface area contributed by atoms with E-state index >= 15 is 0 Å². The summed E-state index contributed by atoms with van der Waals surface area (Å²) in [6.45, 7) is 1.84. The minimum Gasteiger partial charge on any atom is -0.504 e. The van der Waals surface area contributed by atoms with Gasteiger partial charge in [-0.15, -0.1) is 0 Å². The second-order valence-electron chi connectivity index (χ2n) is 9.86. The van der Waals surface area contributed by atoms with Crippen molar-refractivity contribution < 1.29 is 44.3 Å². The molecule has 36 heavy (non-hydrogen) atoms. The largest absolute Gasteiger partial charge is 0.504 e. The molecule has 0 saturated carbocycles. The normalized spacial score (nSPS) is 31.1. The molecule has 1 saturated heterocycles. The van der Waals surface area contributed by atoms with Crippen LogP contribution in [-0.2, 0) is 31.0 Å². The molecule has 196 valence electrons. The summed E-state index contributed by atoms with van der Waals surface area (Å²) >= 11 is 0. The first-order chi connectivity index (χ1) is 16.5. The number of likely N-dealkylation sites (N-methyl/N-ethyl adjacent to an activating group) is 1. The highest BCUT2D eigenvalue weighted by Crippen LogP contribution is 2.65. The van der Waals surface area contributed by atoms with E-state index in [1.54, 1.807) is 12.1 Å². The second-order valence-corrected chi connectivity index (χ2v) is 9.86. The zero-order chi connectivity index (χ0) is 25.3. The number of aliphatic carboxylic acids is 1. The second kappa shape index (κ2) is 8.75. The molecule has 0 unspecified atom stereocenters. The summed E-state index contributed by atoms with van der Waals surface area (Å²) in [5.74, 6) is -2.96. The summed E-state index contributed by atoms with van der Waals surface area (Å²) in [7, 11) is 1.96. The van der Waals surface area contributed by atoms with Crippen LogP contribution >= 0.6 is 0 Å². The number of carbonyl (C=O) groups excluding carboxylic acids is 2. The Morgan fingerprint density at radius 2 is 2.06 bits per heavy atom. The van der Waals surface area contributed by atoms with Crippen molar-refractivity contribution in [2.24, 2.45) is 0 Å². The van der Waals surface area contributed by atoms with Crippen LogP contribution in [0.2, 0.25) is 0 Å². The summed E-state index contributed by atoms with van der Waals surface area (Å²) in [5.41, 5.74) is -0.464. The van der Waals surface area contributed by atoms with Gasteiger partial charge in [-0.3, -0.25) is 9.59 Å². The molecule has 2 bridgehead atoms. The van der Waals surface area contributed by atoms with Crippen LogP contribution in [0.25, 0.3) is 0 Å². The van der Waals surface area contributed by atoms with Crippen molar-refractivity contribution in [3.63, 3.8) is 0 Å². The number of aliphatic hydroxyl groups is 2. The monoisotopic (exact) mass is 504 g/mol. The van der Waals surface area contributed by atoms with Gasteiger partial charge >= 0.3 is 11.9 Å². The van der Waals surface area contributed by atoms with E-state index in [-0.39, 0.29) is 37.1 Å². The molecule has 1 amide bonds. The van der Waals surface area contributed by atoms with E-state index in [2.05, 4.69) is 10.2 Å². The number of nitrogens with one attached hydrogen (secondary N) is 1. The molecule has 2 heterocycles. The van der Waals surface area contributed by atoms with Gasteiger partial charge in [-0.1, -0.05) is 13.5 Å². The van der Waals surface area contributed by atoms with Crippen LogP contribution in [0.1, 0.15) is 44.7 Å². The number of aliphatic hydroxyl groups excluding tert-OH is 1. The van der Waals surface area contributed by atoms with Crippen LogP contribution in [0.3, 0.4) is 0 Å². The maximum absolute atomic E-state index is 12.8. The molecule has 4 aliphatic rings. The molecule has 1 fully saturated rings. The number of carbonyl (C=O) groups is 3. The molecular formula is C25H32N2O9. The van der Waals surface area contributed by atoms with Crippen molar-refractivity contribution >= 4 is 17.8 Å². The van der Waals surface area contributed by atoms with Crippen LogP contribution in [0, 0.1) is 0 Å². The molecule has 5 rings (SSSR count). The van der Waals surface area contributed by atoms with Crippen molar-refractivity contribution in [1.82, 2.24) is 10.2 Å². The van der Waals surface area contributed by atoms with Gasteiger partial charge in [0.25, 0.3) is 0 Å². The number of phenolic OH excluding ortho intramolecular Hbond substituents is 1. The molecule has 1 aromatic rings. The van der Waals surface area contributed by atoms with Crippen LogP contribution in [0.5, 0.6) is 11.5 Å². The Kier molecular flexibility index (Phi) is 6.30. The number of rotatable bonds is 6. The number of benzene rings is 1. The number of ether oxygens (including phenoxy) is 2. The predicted molar refractivity (Wildman–Crippen MR) is 125 cm³/mol. The molecule has 0 aromatic heterocycles. The lowest BCUT2D eigenvalue weighted by Gasteiger charge is -2.61. The fourth-order valence-electron chi connectivity index (χ4n) is 6.27. The highest BCUT2D eigenvalue weighted by molar-refractivity contribution is 5.88. The zero-order valence-electron chi connectivity index (χ0n) is 19.4. The lowest BCUT2D eigenvalue weighted by Crippen LogP contribution is -2.74. The predicted octanol–water partition coefficient (Wildman–Crippen LogP) is 0.189. The van der Waals surface area contributed by atoms with Gasteiger partial charge in [0.2, 0.25) is 5.91 Å². The van der Waals surface area contributed by atoms with Crippen LogP contribution < -0.4 is 10.1 Å². The first-order valence-corrected chi connectivity index (χ1v) is 11.6. The maximum atomic E-state index is 12.8. The minimum atomic E-state index is -1.59. The van der Waals surface area contributed by atoms with Crippen molar-refractivity contribution in [2.75, 3.05) is 13.6 Å². The molecule has 0 radical (unpaired) electrons. The number of nitrogens with zero attached hydrogens (tertiary/aromatic N) is 1. The number of piperidine rings is 1. The number of likely N-dealkylation sites (tertiary alicyclic amines) is 1. The average Bonchev–Trinajstić information content (AvgIpc) is 3.15. The van der Waals surface area contributed by atoms with E-state index in [0.29, 0.717) is 19.4 Å². The first-order valence-electron chi connectivity index (χ1n) is 11.6. The number of carboxylic acid groups (broad SMARTS) is 1. The van der Waals surface area contributed by atoms with Gasteiger partial charge in [0, 0.05) is 18.0 Å². The van der Waals surface area contributed by atoms with Crippen molar-refractivity contribution in [3.8, 4) is 11.5 Å². The summed E-state index contributed by atoms with van der Waals surface area (Å²) in [6, 6.07) is 1.59. The van der Waals surface area contributed by atoms with E-state index in [9.17, 15) is 34.8 Å². The van der Waals surface area contributed by atoms with E-state index in [1.165, 1.54) is 6.92 Å². The number of aromatic hydroxyl groups is 1. The number of hydrogen-bond acceptors (Lipinski definition) is 9. The lowest BCUT2D eigenvalue weighted by molar-refractivity contribution is -0.169. The highest BCUT2D eigenvalue weighted by atomic mass is 16.6.